The van der Waals surface area contributed by atoms with Gasteiger partial charge in [-0.15, -0.1) is 11.3 Å². The number of hydrogen-bond donors (Lipinski definition) is 3. The van der Waals surface area contributed by atoms with Gasteiger partial charge >= 0.3 is 11.9 Å². The highest BCUT2D eigenvalue weighted by atomic mass is 32.1. The molecule has 10 heteroatoms. The Morgan fingerprint density at radius 2 is 1.53 bits per heavy atom. The molecule has 43 heavy (non-hydrogen) atoms. The Bertz CT molecular complexity index is 1470. The summed E-state index contributed by atoms with van der Waals surface area (Å²) in [6, 6.07) is 22.7. The lowest BCUT2D eigenvalue weighted by molar-refractivity contribution is -0.172. The third-order valence-electron chi connectivity index (χ3n) is 7.09. The van der Waals surface area contributed by atoms with E-state index in [-0.39, 0.29) is 6.61 Å². The maximum atomic E-state index is 13.0. The van der Waals surface area contributed by atoms with Gasteiger partial charge in [-0.3, -0.25) is 4.79 Å². The number of unbranched alkanes of at least 4 members (excludes halogenated alkanes) is 4. The molecule has 2 atom stereocenters. The zero-order valence-corrected chi connectivity index (χ0v) is 24.9. The second-order valence-electron chi connectivity index (χ2n) is 10.4. The third-order valence-corrected chi connectivity index (χ3v) is 8.19. The standard InChI is InChI=1S/C33H38N2O7S/c36-29(37)22-42-31(33(39)40)30(41-20-10-2-4-16-28-35-26-14-7-8-15-27(26)43-28)32(38)34-19-9-1-3-11-23-17-18-24-12-5-6-13-25(24)21-23/h5-8,12-15,17-18,21,30-31H,1-4,9-11,16,19-20,22H2,(H,34,38)(H,36,37)(H,39,40). The smallest absolute Gasteiger partial charge is 0.336 e. The third kappa shape index (κ3) is 10.1. The summed E-state index contributed by atoms with van der Waals surface area (Å²) in [4.78, 5) is 40.5. The van der Waals surface area contributed by atoms with Crippen molar-refractivity contribution < 1.29 is 34.1 Å². The summed E-state index contributed by atoms with van der Waals surface area (Å²) >= 11 is 1.67. The van der Waals surface area contributed by atoms with Crippen LogP contribution in [0.4, 0.5) is 0 Å². The van der Waals surface area contributed by atoms with Gasteiger partial charge in [-0.05, 0) is 67.0 Å². The van der Waals surface area contributed by atoms with Crippen LogP contribution in [0.1, 0.15) is 49.1 Å². The van der Waals surface area contributed by atoms with Crippen molar-refractivity contribution in [3.63, 3.8) is 0 Å². The summed E-state index contributed by atoms with van der Waals surface area (Å²) in [7, 11) is 0. The van der Waals surface area contributed by atoms with Crippen molar-refractivity contribution >= 4 is 50.2 Å². The number of nitrogens with zero attached hydrogens (tertiary/aromatic N) is 1. The predicted octanol–water partition coefficient (Wildman–Crippen LogP) is 5.63. The first-order chi connectivity index (χ1) is 20.9. The Hall–Kier alpha value is -3.86. The largest absolute Gasteiger partial charge is 0.480 e. The Labute approximate surface area is 254 Å². The second kappa shape index (κ2) is 16.7. The first kappa shape index (κ1) is 32.1. The summed E-state index contributed by atoms with van der Waals surface area (Å²) in [6.07, 6.45) is 3.38. The van der Waals surface area contributed by atoms with Gasteiger partial charge in [0, 0.05) is 13.2 Å². The van der Waals surface area contributed by atoms with Crippen molar-refractivity contribution in [3.8, 4) is 0 Å². The van der Waals surface area contributed by atoms with Crippen molar-refractivity contribution in [2.75, 3.05) is 19.8 Å². The summed E-state index contributed by atoms with van der Waals surface area (Å²) < 4.78 is 11.9. The number of amides is 1. The van der Waals surface area contributed by atoms with Crippen molar-refractivity contribution in [3.05, 3.63) is 77.3 Å². The summed E-state index contributed by atoms with van der Waals surface area (Å²) in [6.45, 7) is -0.352. The summed E-state index contributed by atoms with van der Waals surface area (Å²) in [5.74, 6) is -3.40. The molecule has 1 heterocycles. The fourth-order valence-corrected chi connectivity index (χ4v) is 5.89. The molecule has 2 unspecified atom stereocenters. The minimum absolute atomic E-state index is 0.143. The van der Waals surface area contributed by atoms with Crippen LogP contribution >= 0.6 is 11.3 Å². The number of ether oxygens (including phenoxy) is 2. The number of carboxylic acid groups (broad SMARTS) is 2. The lowest BCUT2D eigenvalue weighted by Gasteiger charge is -2.23. The SMILES string of the molecule is O=C(O)COC(C(=O)O)C(OCCCCCc1nc2ccccc2s1)C(=O)NCCCCCc1ccc2ccccc2c1. The topological polar surface area (TPSA) is 135 Å². The molecule has 3 aromatic carbocycles. The van der Waals surface area contributed by atoms with Crippen LogP contribution in [0.5, 0.6) is 0 Å². The van der Waals surface area contributed by atoms with E-state index in [4.69, 9.17) is 14.6 Å². The number of benzene rings is 3. The Morgan fingerprint density at radius 3 is 2.33 bits per heavy atom. The van der Waals surface area contributed by atoms with Crippen molar-refractivity contribution in [1.29, 1.82) is 0 Å². The maximum absolute atomic E-state index is 13.0. The van der Waals surface area contributed by atoms with Gasteiger partial charge in [0.1, 0.15) is 6.61 Å². The van der Waals surface area contributed by atoms with Crippen molar-refractivity contribution in [2.24, 2.45) is 0 Å². The molecule has 0 aliphatic rings. The first-order valence-corrected chi connectivity index (χ1v) is 15.5. The van der Waals surface area contributed by atoms with Gasteiger partial charge < -0.3 is 25.0 Å². The van der Waals surface area contributed by atoms with E-state index < -0.39 is 36.7 Å². The number of carboxylic acids is 2. The monoisotopic (exact) mass is 606 g/mol. The first-order valence-electron chi connectivity index (χ1n) is 14.7. The molecule has 3 N–H and O–H groups in total. The number of hydrogen-bond acceptors (Lipinski definition) is 7. The molecular formula is C33H38N2O7S. The lowest BCUT2D eigenvalue weighted by Crippen LogP contribution is -2.49. The van der Waals surface area contributed by atoms with Crippen LogP contribution < -0.4 is 5.32 Å². The molecule has 228 valence electrons. The lowest BCUT2D eigenvalue weighted by atomic mass is 10.0. The maximum Gasteiger partial charge on any atom is 0.336 e. The highest BCUT2D eigenvalue weighted by Gasteiger charge is 2.36. The normalized spacial score (nSPS) is 12.7. The second-order valence-corrected chi connectivity index (χ2v) is 11.5. The van der Waals surface area contributed by atoms with Crippen LogP contribution in [0.15, 0.2) is 66.7 Å². The number of thiazole rings is 1. The number of rotatable bonds is 19. The molecule has 0 saturated heterocycles. The number of nitrogens with one attached hydrogen (secondary N) is 1. The molecule has 1 aromatic heterocycles. The molecule has 0 spiro atoms. The predicted molar refractivity (Wildman–Crippen MR) is 166 cm³/mol. The van der Waals surface area contributed by atoms with Gasteiger partial charge in [0.2, 0.25) is 0 Å². The van der Waals surface area contributed by atoms with Crippen LogP contribution in [-0.4, -0.2) is 65.0 Å². The van der Waals surface area contributed by atoms with Gasteiger partial charge in [-0.1, -0.05) is 67.4 Å². The van der Waals surface area contributed by atoms with Crippen LogP contribution in [0, 0.1) is 0 Å². The molecular weight excluding hydrogens is 568 g/mol. The number of fused-ring (bicyclic) bond motifs is 2. The highest BCUT2D eigenvalue weighted by Crippen LogP contribution is 2.23. The molecule has 0 fully saturated rings. The molecule has 0 aliphatic heterocycles. The van der Waals surface area contributed by atoms with E-state index in [2.05, 4.69) is 40.6 Å². The molecule has 0 bridgehead atoms. The van der Waals surface area contributed by atoms with E-state index in [0.717, 1.165) is 53.7 Å². The van der Waals surface area contributed by atoms with Gasteiger partial charge in [0.25, 0.3) is 5.91 Å². The van der Waals surface area contributed by atoms with E-state index in [1.54, 1.807) is 11.3 Å². The number of carbonyl (C=O) groups excluding carboxylic acids is 1. The Balaban J connectivity index is 1.20. The number of para-hydroxylation sites is 1. The summed E-state index contributed by atoms with van der Waals surface area (Å²) in [5.41, 5.74) is 2.25. The van der Waals surface area contributed by atoms with Crippen LogP contribution in [0.25, 0.3) is 21.0 Å². The van der Waals surface area contributed by atoms with Gasteiger partial charge in [-0.25, -0.2) is 14.6 Å². The molecule has 0 saturated carbocycles. The minimum atomic E-state index is -1.73. The van der Waals surface area contributed by atoms with Crippen molar-refractivity contribution in [2.45, 2.75) is 63.6 Å². The zero-order chi connectivity index (χ0) is 30.4. The van der Waals surface area contributed by atoms with E-state index >= 15 is 0 Å². The van der Waals surface area contributed by atoms with Crippen LogP contribution in [-0.2, 0) is 36.7 Å². The zero-order valence-electron chi connectivity index (χ0n) is 24.1. The molecule has 4 rings (SSSR count). The molecule has 1 amide bonds. The van der Waals surface area contributed by atoms with E-state index in [1.807, 2.05) is 36.4 Å². The molecule has 4 aromatic rings. The fourth-order valence-electron chi connectivity index (χ4n) is 4.88. The molecule has 0 aliphatic carbocycles. The van der Waals surface area contributed by atoms with Gasteiger partial charge in [0.05, 0.1) is 15.2 Å². The number of aromatic nitrogens is 1. The van der Waals surface area contributed by atoms with E-state index in [9.17, 15) is 19.5 Å². The Kier molecular flexibility index (Phi) is 12.4. The number of aliphatic carboxylic acids is 2. The Morgan fingerprint density at radius 1 is 0.791 bits per heavy atom. The van der Waals surface area contributed by atoms with Crippen LogP contribution in [0.2, 0.25) is 0 Å². The fraction of sp³-hybridized carbons (Fsp3) is 0.394. The van der Waals surface area contributed by atoms with Crippen molar-refractivity contribution in [1.82, 2.24) is 10.3 Å². The highest BCUT2D eigenvalue weighted by molar-refractivity contribution is 7.18. The van der Waals surface area contributed by atoms with E-state index in [1.165, 1.54) is 16.3 Å². The average Bonchev–Trinajstić information content (AvgIpc) is 3.42. The molecule has 0 radical (unpaired) electrons. The van der Waals surface area contributed by atoms with Crippen LogP contribution in [0.3, 0.4) is 0 Å². The van der Waals surface area contributed by atoms with Gasteiger partial charge in [0.15, 0.2) is 12.2 Å². The number of carbonyl (C=O) groups is 3. The minimum Gasteiger partial charge on any atom is -0.480 e. The molecule has 9 nitrogen and oxygen atoms in total. The quantitative estimate of drug-likeness (QED) is 0.117. The van der Waals surface area contributed by atoms with Gasteiger partial charge in [-0.2, -0.15) is 0 Å². The summed E-state index contributed by atoms with van der Waals surface area (Å²) in [5, 5.41) is 24.9. The van der Waals surface area contributed by atoms with E-state index in [0.29, 0.717) is 19.4 Å². The average molecular weight is 607 g/mol. The number of aryl methyl sites for hydroxylation is 2.